The second-order valence-corrected chi connectivity index (χ2v) is 8.74. The van der Waals surface area contributed by atoms with Crippen LogP contribution in [0.3, 0.4) is 0 Å². The highest BCUT2D eigenvalue weighted by atomic mass is 32.2. The molecule has 0 N–H and O–H groups in total. The molecule has 0 aromatic carbocycles. The van der Waals surface area contributed by atoms with Gasteiger partial charge < -0.3 is 0 Å². The standard InChI is InChI=1S/C15H14N4O3S/c16-5-10-7-18-19-8-11(6-17-15(10)19)14(20)9-3-12-1-2-13(4-9)23(12,21)22/h6-9,12-13H,1-4H2. The molecule has 2 aromatic rings. The number of fused-ring (bicyclic) bond motifs is 3. The van der Waals surface area contributed by atoms with Gasteiger partial charge in [0.1, 0.15) is 11.6 Å². The average molecular weight is 330 g/mol. The van der Waals surface area contributed by atoms with E-state index in [1.54, 1.807) is 6.20 Å². The summed E-state index contributed by atoms with van der Waals surface area (Å²) in [6, 6.07) is 1.99. The molecule has 23 heavy (non-hydrogen) atoms. The molecule has 0 aliphatic carbocycles. The fraction of sp³-hybridized carbons (Fsp3) is 0.467. The predicted molar refractivity (Wildman–Crippen MR) is 80.5 cm³/mol. The lowest BCUT2D eigenvalue weighted by molar-refractivity contribution is 0.0904. The molecule has 4 rings (SSSR count). The van der Waals surface area contributed by atoms with Crippen LogP contribution in [0.2, 0.25) is 0 Å². The Balaban J connectivity index is 1.64. The Morgan fingerprint density at radius 1 is 1.26 bits per heavy atom. The Kier molecular flexibility index (Phi) is 3.03. The summed E-state index contributed by atoms with van der Waals surface area (Å²) in [5.41, 5.74) is 1.18. The van der Waals surface area contributed by atoms with Crippen LogP contribution in [0.25, 0.3) is 5.65 Å². The quantitative estimate of drug-likeness (QED) is 0.765. The minimum absolute atomic E-state index is 0.0831. The molecule has 0 amide bonds. The lowest BCUT2D eigenvalue weighted by atomic mass is 9.91. The van der Waals surface area contributed by atoms with Crippen molar-refractivity contribution in [2.24, 2.45) is 5.92 Å². The highest BCUT2D eigenvalue weighted by molar-refractivity contribution is 7.93. The third-order valence-corrected chi connectivity index (χ3v) is 7.68. The van der Waals surface area contributed by atoms with Gasteiger partial charge in [-0.05, 0) is 25.7 Å². The van der Waals surface area contributed by atoms with Gasteiger partial charge in [0.25, 0.3) is 0 Å². The van der Waals surface area contributed by atoms with Gasteiger partial charge in [-0.3, -0.25) is 4.79 Å². The normalized spacial score (nSPS) is 28.6. The van der Waals surface area contributed by atoms with Crippen molar-refractivity contribution in [3.63, 3.8) is 0 Å². The van der Waals surface area contributed by atoms with Crippen LogP contribution in [0.15, 0.2) is 18.6 Å². The number of aromatic nitrogens is 3. The van der Waals surface area contributed by atoms with E-state index in [9.17, 15) is 13.2 Å². The van der Waals surface area contributed by atoms with E-state index < -0.39 is 9.84 Å². The van der Waals surface area contributed by atoms with Crippen molar-refractivity contribution in [3.8, 4) is 6.07 Å². The molecule has 0 saturated carbocycles. The van der Waals surface area contributed by atoms with E-state index in [1.165, 1.54) is 16.9 Å². The minimum atomic E-state index is -3.03. The topological polar surface area (TPSA) is 105 Å². The third kappa shape index (κ3) is 2.07. The number of nitrogens with zero attached hydrogens (tertiary/aromatic N) is 4. The van der Waals surface area contributed by atoms with Gasteiger partial charge in [-0.1, -0.05) is 0 Å². The molecule has 2 fully saturated rings. The van der Waals surface area contributed by atoms with Crippen molar-refractivity contribution in [2.75, 3.05) is 0 Å². The number of carbonyl (C=O) groups excluding carboxylic acids is 1. The smallest absolute Gasteiger partial charge is 0.172 e. The maximum atomic E-state index is 12.7. The first-order chi connectivity index (χ1) is 11.0. The van der Waals surface area contributed by atoms with Crippen LogP contribution in [-0.4, -0.2) is 39.3 Å². The van der Waals surface area contributed by atoms with Crippen LogP contribution in [-0.2, 0) is 9.84 Å². The van der Waals surface area contributed by atoms with E-state index in [0.717, 1.165) is 0 Å². The Morgan fingerprint density at radius 3 is 2.61 bits per heavy atom. The molecular weight excluding hydrogens is 316 g/mol. The molecule has 7 nitrogen and oxygen atoms in total. The van der Waals surface area contributed by atoms with E-state index in [4.69, 9.17) is 5.26 Å². The largest absolute Gasteiger partial charge is 0.294 e. The number of carbonyl (C=O) groups is 1. The molecule has 0 spiro atoms. The Bertz CT molecular complexity index is 937. The van der Waals surface area contributed by atoms with Crippen molar-refractivity contribution >= 4 is 21.3 Å². The van der Waals surface area contributed by atoms with E-state index in [-0.39, 0.29) is 22.2 Å². The monoisotopic (exact) mass is 330 g/mol. The van der Waals surface area contributed by atoms with Gasteiger partial charge in [-0.15, -0.1) is 0 Å². The number of rotatable bonds is 2. The van der Waals surface area contributed by atoms with Crippen LogP contribution < -0.4 is 0 Å². The molecule has 118 valence electrons. The summed E-state index contributed by atoms with van der Waals surface area (Å²) in [6.07, 6.45) is 6.56. The van der Waals surface area contributed by atoms with Gasteiger partial charge in [-0.25, -0.2) is 17.9 Å². The summed E-state index contributed by atoms with van der Waals surface area (Å²) < 4.78 is 25.7. The Labute approximate surface area is 132 Å². The number of hydrogen-bond donors (Lipinski definition) is 0. The number of ketones is 1. The molecule has 2 unspecified atom stereocenters. The second-order valence-electron chi connectivity index (χ2n) is 6.22. The first-order valence-electron chi connectivity index (χ1n) is 7.51. The lowest BCUT2D eigenvalue weighted by Crippen LogP contribution is -2.36. The number of nitriles is 1. The van der Waals surface area contributed by atoms with Crippen LogP contribution in [0.5, 0.6) is 0 Å². The number of Topliss-reactive ketones (excluding diaryl/α,β-unsaturated/α-hetero) is 1. The average Bonchev–Trinajstić information content (AvgIpc) is 2.96. The first kappa shape index (κ1) is 14.3. The van der Waals surface area contributed by atoms with Gasteiger partial charge in [-0.2, -0.15) is 10.4 Å². The van der Waals surface area contributed by atoms with Gasteiger partial charge >= 0.3 is 0 Å². The van der Waals surface area contributed by atoms with Crippen molar-refractivity contribution in [1.29, 1.82) is 5.26 Å². The Morgan fingerprint density at radius 2 is 1.96 bits per heavy atom. The fourth-order valence-electron chi connectivity index (χ4n) is 3.74. The molecule has 2 saturated heterocycles. The molecule has 2 bridgehead atoms. The van der Waals surface area contributed by atoms with Gasteiger partial charge in [0.2, 0.25) is 0 Å². The van der Waals surface area contributed by atoms with Gasteiger partial charge in [0, 0.05) is 18.3 Å². The van der Waals surface area contributed by atoms with Gasteiger partial charge in [0.15, 0.2) is 21.3 Å². The highest BCUT2D eigenvalue weighted by Crippen LogP contribution is 2.42. The van der Waals surface area contributed by atoms with Crippen LogP contribution in [0, 0.1) is 17.2 Å². The van der Waals surface area contributed by atoms with Crippen molar-refractivity contribution in [1.82, 2.24) is 14.6 Å². The van der Waals surface area contributed by atoms with E-state index in [2.05, 4.69) is 10.1 Å². The van der Waals surface area contributed by atoms with E-state index in [1.807, 2.05) is 6.07 Å². The molecular formula is C15H14N4O3S. The maximum absolute atomic E-state index is 12.7. The third-order valence-electron chi connectivity index (χ3n) is 4.97. The SMILES string of the molecule is N#Cc1cnn2cc(C(=O)C3CC4CCC(C3)S4(=O)=O)cnc12. The van der Waals surface area contributed by atoms with Crippen LogP contribution in [0.1, 0.15) is 41.6 Å². The molecule has 4 heterocycles. The summed E-state index contributed by atoms with van der Waals surface area (Å²) in [5.74, 6) is -0.360. The molecule has 8 heteroatoms. The maximum Gasteiger partial charge on any atom is 0.172 e. The van der Waals surface area contributed by atoms with Gasteiger partial charge in [0.05, 0.1) is 22.3 Å². The number of hydrogen-bond acceptors (Lipinski definition) is 6. The predicted octanol–water partition coefficient (Wildman–Crippen LogP) is 1.14. The zero-order valence-electron chi connectivity index (χ0n) is 12.2. The summed E-state index contributed by atoms with van der Waals surface area (Å²) in [4.78, 5) is 16.9. The summed E-state index contributed by atoms with van der Waals surface area (Å²) in [5, 5.41) is 12.2. The first-order valence-corrected chi connectivity index (χ1v) is 9.12. The van der Waals surface area contributed by atoms with Crippen molar-refractivity contribution < 1.29 is 13.2 Å². The molecule has 2 aliphatic rings. The van der Waals surface area contributed by atoms with Crippen molar-refractivity contribution in [3.05, 3.63) is 29.7 Å². The highest BCUT2D eigenvalue weighted by Gasteiger charge is 2.48. The number of sulfone groups is 1. The van der Waals surface area contributed by atoms with Crippen LogP contribution in [0.4, 0.5) is 0 Å². The molecule has 0 radical (unpaired) electrons. The summed E-state index contributed by atoms with van der Waals surface area (Å²) in [6.45, 7) is 0. The van der Waals surface area contributed by atoms with E-state index >= 15 is 0 Å². The zero-order chi connectivity index (χ0) is 16.2. The molecule has 2 aromatic heterocycles. The van der Waals surface area contributed by atoms with E-state index in [0.29, 0.717) is 42.5 Å². The summed E-state index contributed by atoms with van der Waals surface area (Å²) in [7, 11) is -3.03. The molecule has 2 atom stereocenters. The summed E-state index contributed by atoms with van der Waals surface area (Å²) >= 11 is 0. The van der Waals surface area contributed by atoms with Crippen molar-refractivity contribution in [2.45, 2.75) is 36.2 Å². The fourth-order valence-corrected chi connectivity index (χ4v) is 6.21. The van der Waals surface area contributed by atoms with Crippen LogP contribution >= 0.6 is 0 Å². The zero-order valence-corrected chi connectivity index (χ0v) is 13.0. The Hall–Kier alpha value is -2.27. The molecule has 2 aliphatic heterocycles. The lowest BCUT2D eigenvalue weighted by Gasteiger charge is -2.26. The second kappa shape index (κ2) is 4.86. The minimum Gasteiger partial charge on any atom is -0.294 e.